The van der Waals surface area contributed by atoms with Crippen LogP contribution in [-0.2, 0) is 6.42 Å². The summed E-state index contributed by atoms with van der Waals surface area (Å²) < 4.78 is 0. The molecule has 2 aromatic carbocycles. The highest BCUT2D eigenvalue weighted by molar-refractivity contribution is 5.53. The molecule has 1 nitrogen and oxygen atoms in total. The summed E-state index contributed by atoms with van der Waals surface area (Å²) in [6.45, 7) is 7.03. The van der Waals surface area contributed by atoms with Crippen molar-refractivity contribution < 1.29 is 0 Å². The number of hydrogen-bond donors (Lipinski definition) is 1. The van der Waals surface area contributed by atoms with E-state index in [9.17, 15) is 0 Å². The number of rotatable bonds is 6. The summed E-state index contributed by atoms with van der Waals surface area (Å²) in [5.41, 5.74) is 5.11. The summed E-state index contributed by atoms with van der Waals surface area (Å²) in [6.07, 6.45) is 1.98. The van der Waals surface area contributed by atoms with E-state index in [0.29, 0.717) is 0 Å². The molecule has 2 aromatic rings. The summed E-state index contributed by atoms with van der Waals surface area (Å²) in [7, 11) is 0. The van der Waals surface area contributed by atoms with Crippen molar-refractivity contribution in [2.45, 2.75) is 19.8 Å². The van der Waals surface area contributed by atoms with Crippen molar-refractivity contribution in [2.75, 3.05) is 11.9 Å². The van der Waals surface area contributed by atoms with E-state index >= 15 is 0 Å². The van der Waals surface area contributed by atoms with E-state index in [-0.39, 0.29) is 0 Å². The third kappa shape index (κ3) is 3.99. The van der Waals surface area contributed by atoms with E-state index in [1.807, 2.05) is 0 Å². The molecule has 1 heteroatoms. The largest absolute Gasteiger partial charge is 0.381 e. The average Bonchev–Trinajstić information content (AvgIpc) is 2.47. The lowest BCUT2D eigenvalue weighted by Gasteiger charge is -2.12. The van der Waals surface area contributed by atoms with Gasteiger partial charge in [-0.05, 0) is 30.0 Å². The van der Waals surface area contributed by atoms with Crippen molar-refractivity contribution in [3.8, 4) is 0 Å². The Morgan fingerprint density at radius 1 is 1.00 bits per heavy atom. The maximum absolute atomic E-state index is 4.04. The van der Waals surface area contributed by atoms with Gasteiger partial charge in [-0.3, -0.25) is 0 Å². The smallest absolute Gasteiger partial charge is 0.0378 e. The molecule has 2 rings (SSSR count). The third-order valence-electron chi connectivity index (χ3n) is 3.28. The van der Waals surface area contributed by atoms with Gasteiger partial charge in [-0.1, -0.05) is 67.6 Å². The fourth-order valence-corrected chi connectivity index (χ4v) is 2.01. The lowest BCUT2D eigenvalue weighted by Crippen LogP contribution is -2.06. The summed E-state index contributed by atoms with van der Waals surface area (Å²) >= 11 is 0. The van der Waals surface area contributed by atoms with Gasteiger partial charge in [-0.15, -0.1) is 0 Å². The van der Waals surface area contributed by atoms with Crippen LogP contribution in [0.25, 0.3) is 0 Å². The van der Waals surface area contributed by atoms with E-state index < -0.39 is 0 Å². The Kier molecular flexibility index (Phi) is 4.79. The first-order valence-electron chi connectivity index (χ1n) is 6.82. The molecular weight excluding hydrogens is 230 g/mol. The molecule has 0 amide bonds. The van der Waals surface area contributed by atoms with Gasteiger partial charge in [0.1, 0.15) is 0 Å². The summed E-state index contributed by atoms with van der Waals surface area (Å²) in [4.78, 5) is 0. The van der Waals surface area contributed by atoms with Gasteiger partial charge in [-0.25, -0.2) is 0 Å². The zero-order chi connectivity index (χ0) is 13.5. The van der Waals surface area contributed by atoms with Crippen LogP contribution in [0.5, 0.6) is 0 Å². The Labute approximate surface area is 116 Å². The monoisotopic (exact) mass is 251 g/mol. The van der Waals surface area contributed by atoms with Gasteiger partial charge in [0.15, 0.2) is 0 Å². The number of para-hydroxylation sites is 1. The van der Waals surface area contributed by atoms with Crippen molar-refractivity contribution in [1.82, 2.24) is 0 Å². The molecule has 0 fully saturated rings. The van der Waals surface area contributed by atoms with E-state index in [1.54, 1.807) is 0 Å². The lowest BCUT2D eigenvalue weighted by atomic mass is 10.0. The van der Waals surface area contributed by atoms with Gasteiger partial charge in [0, 0.05) is 12.2 Å². The minimum atomic E-state index is 0.850. The molecule has 19 heavy (non-hydrogen) atoms. The van der Waals surface area contributed by atoms with Crippen LogP contribution in [0.3, 0.4) is 0 Å². The van der Waals surface area contributed by atoms with Crippen molar-refractivity contribution >= 4 is 5.69 Å². The Bertz CT molecular complexity index is 528. The number of benzene rings is 2. The first-order valence-corrected chi connectivity index (χ1v) is 6.82. The molecule has 0 saturated carbocycles. The van der Waals surface area contributed by atoms with Crippen LogP contribution in [0.4, 0.5) is 5.69 Å². The quantitative estimate of drug-likeness (QED) is 0.736. The number of nitrogens with one attached hydrogen (secondary N) is 1. The maximum Gasteiger partial charge on any atom is 0.0378 e. The van der Waals surface area contributed by atoms with Crippen molar-refractivity contribution in [3.63, 3.8) is 0 Å². The first kappa shape index (κ1) is 13.4. The van der Waals surface area contributed by atoms with Crippen LogP contribution in [0.1, 0.15) is 24.5 Å². The standard InChI is InChI=1S/C18H21N/c1-3-15(2)14-19-18-12-8-7-11-17(18)13-16-9-5-4-6-10-16/h4-12,19H,2-3,13-14H2,1H3. The van der Waals surface area contributed by atoms with E-state index in [4.69, 9.17) is 0 Å². The van der Waals surface area contributed by atoms with Crippen LogP contribution in [0.2, 0.25) is 0 Å². The minimum absolute atomic E-state index is 0.850. The Morgan fingerprint density at radius 2 is 1.68 bits per heavy atom. The molecule has 0 atom stereocenters. The Balaban J connectivity index is 2.10. The molecule has 1 N–H and O–H groups in total. The molecule has 0 aliphatic heterocycles. The first-order chi connectivity index (χ1) is 9.29. The summed E-state index contributed by atoms with van der Waals surface area (Å²) in [5.74, 6) is 0. The predicted octanol–water partition coefficient (Wildman–Crippen LogP) is 4.66. The van der Waals surface area contributed by atoms with Gasteiger partial charge in [0.25, 0.3) is 0 Å². The van der Waals surface area contributed by atoms with Gasteiger partial charge in [-0.2, -0.15) is 0 Å². The number of anilines is 1. The van der Waals surface area contributed by atoms with Gasteiger partial charge in [0.05, 0.1) is 0 Å². The van der Waals surface area contributed by atoms with Gasteiger partial charge < -0.3 is 5.32 Å². The normalized spacial score (nSPS) is 10.2. The average molecular weight is 251 g/mol. The van der Waals surface area contributed by atoms with E-state index in [1.165, 1.54) is 22.4 Å². The van der Waals surface area contributed by atoms with Crippen molar-refractivity contribution in [1.29, 1.82) is 0 Å². The zero-order valence-corrected chi connectivity index (χ0v) is 11.5. The lowest BCUT2D eigenvalue weighted by molar-refractivity contribution is 1.04. The van der Waals surface area contributed by atoms with E-state index in [0.717, 1.165) is 19.4 Å². The molecule has 0 saturated heterocycles. The molecular formula is C18H21N. The molecule has 0 aromatic heterocycles. The van der Waals surface area contributed by atoms with Crippen LogP contribution in [0, 0.1) is 0 Å². The SMILES string of the molecule is C=C(CC)CNc1ccccc1Cc1ccccc1. The molecule has 0 spiro atoms. The molecule has 0 radical (unpaired) electrons. The second-order valence-corrected chi connectivity index (χ2v) is 4.78. The fraction of sp³-hybridized carbons (Fsp3) is 0.222. The molecule has 98 valence electrons. The van der Waals surface area contributed by atoms with Crippen LogP contribution in [0.15, 0.2) is 66.7 Å². The van der Waals surface area contributed by atoms with Crippen molar-refractivity contribution in [2.24, 2.45) is 0 Å². The third-order valence-corrected chi connectivity index (χ3v) is 3.28. The molecule has 0 aliphatic carbocycles. The summed E-state index contributed by atoms with van der Waals surface area (Å²) in [6, 6.07) is 19.1. The fourth-order valence-electron chi connectivity index (χ4n) is 2.01. The number of hydrogen-bond acceptors (Lipinski definition) is 1. The van der Waals surface area contributed by atoms with E-state index in [2.05, 4.69) is 73.4 Å². The molecule has 0 unspecified atom stereocenters. The molecule has 0 heterocycles. The Hall–Kier alpha value is -2.02. The van der Waals surface area contributed by atoms with Crippen LogP contribution in [-0.4, -0.2) is 6.54 Å². The molecule has 0 bridgehead atoms. The van der Waals surface area contributed by atoms with Crippen molar-refractivity contribution in [3.05, 3.63) is 77.9 Å². The minimum Gasteiger partial charge on any atom is -0.381 e. The topological polar surface area (TPSA) is 12.0 Å². The second kappa shape index (κ2) is 6.79. The molecule has 0 aliphatic rings. The highest BCUT2D eigenvalue weighted by atomic mass is 14.9. The zero-order valence-electron chi connectivity index (χ0n) is 11.5. The highest BCUT2D eigenvalue weighted by Crippen LogP contribution is 2.19. The summed E-state index contributed by atoms with van der Waals surface area (Å²) in [5, 5.41) is 3.48. The Morgan fingerprint density at radius 3 is 2.42 bits per heavy atom. The van der Waals surface area contributed by atoms with Gasteiger partial charge >= 0.3 is 0 Å². The van der Waals surface area contributed by atoms with Crippen LogP contribution < -0.4 is 5.32 Å². The predicted molar refractivity (Wildman–Crippen MR) is 83.6 cm³/mol. The maximum atomic E-state index is 4.04. The highest BCUT2D eigenvalue weighted by Gasteiger charge is 2.02. The van der Waals surface area contributed by atoms with Crippen LogP contribution >= 0.6 is 0 Å². The van der Waals surface area contributed by atoms with Gasteiger partial charge in [0.2, 0.25) is 0 Å². The second-order valence-electron chi connectivity index (χ2n) is 4.78.